The Labute approximate surface area is 219 Å². The average Bonchev–Trinajstić information content (AvgIpc) is 2.82. The lowest BCUT2D eigenvalue weighted by Crippen LogP contribution is -2.45. The van der Waals surface area contributed by atoms with Crippen LogP contribution in [0.4, 0.5) is 4.79 Å². The minimum atomic E-state index is -0.970. The molecule has 8 nitrogen and oxygen atoms in total. The van der Waals surface area contributed by atoms with Gasteiger partial charge in [0.05, 0.1) is 12.2 Å². The molecule has 8 heteroatoms. The van der Waals surface area contributed by atoms with Gasteiger partial charge in [-0.2, -0.15) is 0 Å². The third-order valence-corrected chi connectivity index (χ3v) is 6.21. The highest BCUT2D eigenvalue weighted by Crippen LogP contribution is 2.27. The van der Waals surface area contributed by atoms with Crippen molar-refractivity contribution in [2.24, 2.45) is 11.3 Å². The van der Waals surface area contributed by atoms with Crippen LogP contribution in [0.15, 0.2) is 48.5 Å². The molecule has 1 aliphatic heterocycles. The third kappa shape index (κ3) is 8.81. The van der Waals surface area contributed by atoms with Crippen LogP contribution in [0.5, 0.6) is 11.5 Å². The molecule has 0 aliphatic carbocycles. The maximum Gasteiger partial charge on any atom is 0.415 e. The zero-order valence-corrected chi connectivity index (χ0v) is 22.4. The Balaban J connectivity index is 1.43. The number of amides is 2. The predicted molar refractivity (Wildman–Crippen MR) is 141 cm³/mol. The van der Waals surface area contributed by atoms with Crippen LogP contribution in [0.1, 0.15) is 74.6 Å². The van der Waals surface area contributed by atoms with Crippen LogP contribution in [0, 0.1) is 11.3 Å². The lowest BCUT2D eigenvalue weighted by Gasteiger charge is -2.33. The van der Waals surface area contributed by atoms with Crippen LogP contribution < -0.4 is 14.8 Å². The largest absolute Gasteiger partial charge is 0.493 e. The summed E-state index contributed by atoms with van der Waals surface area (Å²) in [6, 6.07) is 12.9. The number of benzene rings is 2. The molecule has 0 bridgehead atoms. The Kier molecular flexibility index (Phi) is 8.84. The van der Waals surface area contributed by atoms with Gasteiger partial charge >= 0.3 is 12.1 Å². The number of carbonyl (C=O) groups excluding carboxylic acids is 2. The quantitative estimate of drug-likeness (QED) is 0.478. The van der Waals surface area contributed by atoms with E-state index in [1.165, 1.54) is 12.1 Å². The van der Waals surface area contributed by atoms with Gasteiger partial charge in [-0.25, -0.2) is 9.59 Å². The second kappa shape index (κ2) is 11.7. The van der Waals surface area contributed by atoms with Gasteiger partial charge in [-0.05, 0) is 93.0 Å². The first-order valence-electron chi connectivity index (χ1n) is 12.7. The van der Waals surface area contributed by atoms with Gasteiger partial charge in [-0.3, -0.25) is 4.79 Å². The lowest BCUT2D eigenvalue weighted by atomic mass is 9.81. The number of carboxylic acids is 1. The molecule has 1 fully saturated rings. The number of carboxylic acid groups (broad SMARTS) is 1. The molecule has 0 saturated carbocycles. The van der Waals surface area contributed by atoms with E-state index in [1.54, 1.807) is 41.3 Å². The van der Waals surface area contributed by atoms with Gasteiger partial charge in [-0.15, -0.1) is 0 Å². The second-order valence-corrected chi connectivity index (χ2v) is 11.5. The summed E-state index contributed by atoms with van der Waals surface area (Å²) in [7, 11) is 0. The smallest absolute Gasteiger partial charge is 0.415 e. The van der Waals surface area contributed by atoms with Crippen LogP contribution in [-0.2, 0) is 0 Å². The van der Waals surface area contributed by atoms with E-state index in [4.69, 9.17) is 14.6 Å². The molecule has 0 radical (unpaired) electrons. The predicted octanol–water partition coefficient (Wildman–Crippen LogP) is 5.62. The summed E-state index contributed by atoms with van der Waals surface area (Å²) >= 11 is 0. The molecule has 1 heterocycles. The summed E-state index contributed by atoms with van der Waals surface area (Å²) in [6.45, 7) is 12.1. The first-order chi connectivity index (χ1) is 17.3. The van der Waals surface area contributed by atoms with Crippen LogP contribution in [0.25, 0.3) is 0 Å². The number of nitrogens with zero attached hydrogens (tertiary/aromatic N) is 1. The fourth-order valence-electron chi connectivity index (χ4n) is 4.78. The van der Waals surface area contributed by atoms with E-state index in [1.807, 2.05) is 13.8 Å². The van der Waals surface area contributed by atoms with Gasteiger partial charge in [0.2, 0.25) is 0 Å². The highest BCUT2D eigenvalue weighted by Gasteiger charge is 2.28. The molecule has 1 aliphatic rings. The number of carbonyl (C=O) groups is 3. The number of nitrogens with one attached hydrogen (secondary N) is 1. The molecule has 1 saturated heterocycles. The fourth-order valence-corrected chi connectivity index (χ4v) is 4.78. The maximum absolute atomic E-state index is 12.7. The van der Waals surface area contributed by atoms with Crippen molar-refractivity contribution in [2.45, 2.75) is 59.4 Å². The summed E-state index contributed by atoms with van der Waals surface area (Å²) in [4.78, 5) is 37.9. The SMILES string of the molecule is CC(C)(C)CC(C)(C)NC(=O)c1ccc(OC(=O)N2CCC(COc3ccc(C(=O)O)cc3)CC2)cc1. The summed E-state index contributed by atoms with van der Waals surface area (Å²) in [5.41, 5.74) is 0.478. The Hall–Kier alpha value is -3.55. The number of likely N-dealkylation sites (tertiary alicyclic amines) is 1. The Morgan fingerprint density at radius 1 is 0.892 bits per heavy atom. The standard InChI is InChI=1S/C29H38N2O6/c1-28(2,3)19-29(4,5)30-25(32)21-6-12-24(13-7-21)37-27(35)31-16-14-20(15-17-31)18-36-23-10-8-22(9-11-23)26(33)34/h6-13,20H,14-19H2,1-5H3,(H,30,32)(H,33,34). The van der Waals surface area contributed by atoms with E-state index < -0.39 is 12.1 Å². The average molecular weight is 511 g/mol. The molecule has 2 amide bonds. The minimum absolute atomic E-state index is 0.0894. The maximum atomic E-state index is 12.7. The zero-order valence-electron chi connectivity index (χ0n) is 22.4. The molecule has 0 aromatic heterocycles. The molecule has 0 spiro atoms. The molecule has 3 rings (SSSR count). The van der Waals surface area contributed by atoms with Crippen molar-refractivity contribution in [3.63, 3.8) is 0 Å². The van der Waals surface area contributed by atoms with Crippen molar-refractivity contribution >= 4 is 18.0 Å². The molecule has 0 atom stereocenters. The topological polar surface area (TPSA) is 105 Å². The number of hydrogen-bond donors (Lipinski definition) is 2. The highest BCUT2D eigenvalue weighted by atomic mass is 16.6. The number of piperidine rings is 1. The zero-order chi connectivity index (χ0) is 27.2. The molecule has 37 heavy (non-hydrogen) atoms. The van der Waals surface area contributed by atoms with E-state index in [2.05, 4.69) is 26.1 Å². The monoisotopic (exact) mass is 510 g/mol. The summed E-state index contributed by atoms with van der Waals surface area (Å²) < 4.78 is 11.3. The van der Waals surface area contributed by atoms with E-state index in [0.29, 0.717) is 42.7 Å². The minimum Gasteiger partial charge on any atom is -0.493 e. The van der Waals surface area contributed by atoms with Crippen molar-refractivity contribution in [3.05, 3.63) is 59.7 Å². The molecule has 2 aromatic carbocycles. The van der Waals surface area contributed by atoms with Crippen LogP contribution >= 0.6 is 0 Å². The summed E-state index contributed by atoms with van der Waals surface area (Å²) in [5, 5.41) is 12.1. The Morgan fingerprint density at radius 3 is 1.97 bits per heavy atom. The van der Waals surface area contributed by atoms with Crippen molar-refractivity contribution in [1.29, 1.82) is 0 Å². The molecular formula is C29H38N2O6. The van der Waals surface area contributed by atoms with Gasteiger partial charge < -0.3 is 24.8 Å². The summed E-state index contributed by atoms with van der Waals surface area (Å²) in [6.07, 6.45) is 1.99. The Bertz CT molecular complexity index is 1080. The van der Waals surface area contributed by atoms with Crippen molar-refractivity contribution in [1.82, 2.24) is 10.2 Å². The first kappa shape index (κ1) is 28.0. The number of ether oxygens (including phenoxy) is 2. The second-order valence-electron chi connectivity index (χ2n) is 11.5. The van der Waals surface area contributed by atoms with Crippen molar-refractivity contribution < 1.29 is 29.0 Å². The lowest BCUT2D eigenvalue weighted by molar-refractivity contribution is 0.0696. The van der Waals surface area contributed by atoms with Gasteiger partial charge in [-0.1, -0.05) is 20.8 Å². The van der Waals surface area contributed by atoms with Crippen molar-refractivity contribution in [3.8, 4) is 11.5 Å². The normalized spacial score (nSPS) is 14.7. The van der Waals surface area contributed by atoms with Gasteiger partial charge in [0.25, 0.3) is 5.91 Å². The molecule has 200 valence electrons. The van der Waals surface area contributed by atoms with E-state index in [-0.39, 0.29) is 22.4 Å². The number of rotatable bonds is 8. The molecule has 2 aromatic rings. The van der Waals surface area contributed by atoms with Crippen LogP contribution in [0.2, 0.25) is 0 Å². The van der Waals surface area contributed by atoms with E-state index in [9.17, 15) is 14.4 Å². The summed E-state index contributed by atoms with van der Waals surface area (Å²) in [5.74, 6) is 0.188. The third-order valence-electron chi connectivity index (χ3n) is 6.21. The van der Waals surface area contributed by atoms with E-state index >= 15 is 0 Å². The first-order valence-corrected chi connectivity index (χ1v) is 12.7. The van der Waals surface area contributed by atoms with E-state index in [0.717, 1.165) is 19.3 Å². The fraction of sp³-hybridized carbons (Fsp3) is 0.483. The van der Waals surface area contributed by atoms with Crippen LogP contribution in [-0.4, -0.2) is 53.2 Å². The van der Waals surface area contributed by atoms with Gasteiger partial charge in [0.1, 0.15) is 11.5 Å². The highest BCUT2D eigenvalue weighted by molar-refractivity contribution is 5.94. The number of hydrogen-bond acceptors (Lipinski definition) is 5. The molecule has 0 unspecified atom stereocenters. The number of aromatic carboxylic acids is 1. The molecular weight excluding hydrogens is 472 g/mol. The van der Waals surface area contributed by atoms with Gasteiger partial charge in [0.15, 0.2) is 0 Å². The molecule has 2 N–H and O–H groups in total. The Morgan fingerprint density at radius 2 is 1.43 bits per heavy atom. The van der Waals surface area contributed by atoms with Crippen LogP contribution in [0.3, 0.4) is 0 Å². The van der Waals surface area contributed by atoms with Gasteiger partial charge in [0, 0.05) is 24.2 Å². The van der Waals surface area contributed by atoms with Crippen molar-refractivity contribution in [2.75, 3.05) is 19.7 Å².